The number of aromatic amines is 2. The molecule has 2 aliphatic rings. The maximum atomic E-state index is 13.2. The van der Waals surface area contributed by atoms with Crippen LogP contribution in [0.1, 0.15) is 78.6 Å². The Hall–Kier alpha value is -4.31. The van der Waals surface area contributed by atoms with Gasteiger partial charge in [0, 0.05) is 47.7 Å². The molecule has 0 aliphatic carbocycles. The maximum absolute atomic E-state index is 13.2. The number of nitrogens with one attached hydrogen (secondary N) is 2. The lowest BCUT2D eigenvalue weighted by atomic mass is 9.98. The second kappa shape index (κ2) is 15.3. The van der Waals surface area contributed by atoms with Crippen molar-refractivity contribution in [3.05, 3.63) is 81.9 Å². The third-order valence-corrected chi connectivity index (χ3v) is 9.52. The van der Waals surface area contributed by atoms with Gasteiger partial charge in [-0.1, -0.05) is 19.6 Å². The van der Waals surface area contributed by atoms with Crippen LogP contribution in [0.25, 0.3) is 44.4 Å². The first kappa shape index (κ1) is 35.0. The molecule has 254 valence electrons. The van der Waals surface area contributed by atoms with Crippen molar-refractivity contribution in [2.24, 2.45) is 0 Å². The standard InChI is InChI=1S/C39H49N5O4/c1-9-28-25(5)34-22-37-29(10-2)24(4)33(41-37)21-35-26(6)30(11-12-38(46)44(8)13-15-47-17-18-48-16-14-45)39(43-35)27(7)32-19-23(3)31(40-32)20-36(28)42-34/h10,19-22,40,42,45H,2,9,11-18H2,1,3-8H3. The molecule has 3 N–H and O–H groups in total. The number of carbonyl (C=O) groups excluding carboxylic acids is 1. The topological polar surface area (TPSA) is 116 Å². The fraction of sp³-hybridized carbons (Fsp3) is 0.410. The summed E-state index contributed by atoms with van der Waals surface area (Å²) in [5, 5.41) is 8.81. The molecule has 3 aromatic rings. The lowest BCUT2D eigenvalue weighted by molar-refractivity contribution is -0.130. The number of aryl methyl sites for hydroxylation is 4. The average Bonchev–Trinajstić information content (AvgIpc) is 3.77. The van der Waals surface area contributed by atoms with Gasteiger partial charge < -0.3 is 29.4 Å². The van der Waals surface area contributed by atoms with Crippen molar-refractivity contribution in [1.82, 2.24) is 24.8 Å². The fourth-order valence-corrected chi connectivity index (χ4v) is 6.47. The number of aliphatic hydroxyl groups excluding tert-OH is 1. The van der Waals surface area contributed by atoms with Gasteiger partial charge in [-0.2, -0.15) is 0 Å². The molecule has 1 amide bonds. The smallest absolute Gasteiger partial charge is 0.222 e. The molecule has 0 atom stereocenters. The number of fused-ring (bicyclic) bond motifs is 8. The summed E-state index contributed by atoms with van der Waals surface area (Å²) >= 11 is 0. The van der Waals surface area contributed by atoms with Crippen LogP contribution in [-0.2, 0) is 20.7 Å². The second-order valence-electron chi connectivity index (χ2n) is 12.6. The van der Waals surface area contributed by atoms with E-state index < -0.39 is 0 Å². The van der Waals surface area contributed by atoms with Crippen LogP contribution in [0.15, 0.2) is 36.9 Å². The normalized spacial score (nSPS) is 13.1. The molecule has 3 aromatic heterocycles. The van der Waals surface area contributed by atoms with Gasteiger partial charge >= 0.3 is 0 Å². The minimum atomic E-state index is -0.00728. The van der Waals surface area contributed by atoms with Crippen molar-refractivity contribution < 1.29 is 19.4 Å². The Morgan fingerprint density at radius 2 is 1.54 bits per heavy atom. The zero-order chi connectivity index (χ0) is 34.5. The van der Waals surface area contributed by atoms with E-state index in [1.54, 1.807) is 4.90 Å². The minimum absolute atomic E-state index is 0.00728. The molecular formula is C39H49N5O4. The highest BCUT2D eigenvalue weighted by molar-refractivity contribution is 5.98. The number of carbonyl (C=O) groups is 1. The number of rotatable bonds is 13. The van der Waals surface area contributed by atoms with Crippen molar-refractivity contribution in [2.75, 3.05) is 46.6 Å². The molecule has 0 saturated carbocycles. The fourth-order valence-electron chi connectivity index (χ4n) is 6.47. The molecule has 5 rings (SSSR count). The summed E-state index contributed by atoms with van der Waals surface area (Å²) in [4.78, 5) is 32.6. The molecule has 48 heavy (non-hydrogen) atoms. The number of likely N-dealkylation sites (N-methyl/N-ethyl adjacent to an activating group) is 1. The van der Waals surface area contributed by atoms with Crippen LogP contribution in [-0.4, -0.2) is 82.5 Å². The van der Waals surface area contributed by atoms with E-state index in [4.69, 9.17) is 24.5 Å². The molecule has 8 bridgehead atoms. The third-order valence-electron chi connectivity index (χ3n) is 9.52. The van der Waals surface area contributed by atoms with Gasteiger partial charge in [-0.3, -0.25) is 4.79 Å². The Morgan fingerprint density at radius 1 is 0.854 bits per heavy atom. The van der Waals surface area contributed by atoms with Crippen LogP contribution >= 0.6 is 0 Å². The predicted molar refractivity (Wildman–Crippen MR) is 195 cm³/mol. The molecule has 5 heterocycles. The lowest BCUT2D eigenvalue weighted by Crippen LogP contribution is -2.30. The van der Waals surface area contributed by atoms with E-state index in [0.717, 1.165) is 84.7 Å². The Morgan fingerprint density at radius 3 is 2.25 bits per heavy atom. The van der Waals surface area contributed by atoms with Crippen molar-refractivity contribution >= 4 is 50.3 Å². The van der Waals surface area contributed by atoms with E-state index >= 15 is 0 Å². The van der Waals surface area contributed by atoms with Crippen LogP contribution in [0.5, 0.6) is 0 Å². The van der Waals surface area contributed by atoms with Crippen molar-refractivity contribution in [3.63, 3.8) is 0 Å². The summed E-state index contributed by atoms with van der Waals surface area (Å²) in [6.45, 7) is 18.9. The summed E-state index contributed by atoms with van der Waals surface area (Å²) in [5.74, 6) is 0.0485. The Bertz CT molecular complexity index is 1940. The molecule has 9 heteroatoms. The predicted octanol–water partition coefficient (Wildman–Crippen LogP) is 7.11. The maximum Gasteiger partial charge on any atom is 0.222 e. The van der Waals surface area contributed by atoms with E-state index in [-0.39, 0.29) is 12.5 Å². The molecule has 0 radical (unpaired) electrons. The molecule has 0 aromatic carbocycles. The SMILES string of the molecule is C=CC1=C(C)c2cc3nc(c(C)c4cc(C)c(cc5[nH]c(cc1n2)c(C)c5CC)[nH]4)C(CCC(=O)N(C)CCOCCOCCO)=C3C. The number of aliphatic hydroxyl groups is 1. The van der Waals surface area contributed by atoms with Gasteiger partial charge in [0.2, 0.25) is 5.91 Å². The number of ether oxygens (including phenoxy) is 2. The third kappa shape index (κ3) is 7.23. The van der Waals surface area contributed by atoms with Crippen molar-refractivity contribution in [3.8, 4) is 0 Å². The van der Waals surface area contributed by atoms with E-state index in [9.17, 15) is 4.79 Å². The average molecular weight is 652 g/mol. The molecule has 2 aliphatic heterocycles. The number of amides is 1. The molecule has 0 fully saturated rings. The molecule has 0 spiro atoms. The van der Waals surface area contributed by atoms with Gasteiger partial charge in [0.1, 0.15) is 0 Å². The van der Waals surface area contributed by atoms with Gasteiger partial charge in [-0.15, -0.1) is 0 Å². The highest BCUT2D eigenvalue weighted by Crippen LogP contribution is 2.38. The molecule has 9 nitrogen and oxygen atoms in total. The van der Waals surface area contributed by atoms with E-state index in [0.29, 0.717) is 45.8 Å². The zero-order valence-electron chi connectivity index (χ0n) is 29.5. The zero-order valence-corrected chi connectivity index (χ0v) is 29.5. The van der Waals surface area contributed by atoms with E-state index in [1.165, 1.54) is 11.1 Å². The lowest BCUT2D eigenvalue weighted by Gasteiger charge is -2.17. The monoisotopic (exact) mass is 651 g/mol. The summed E-state index contributed by atoms with van der Waals surface area (Å²) in [5.41, 5.74) is 16.6. The van der Waals surface area contributed by atoms with Crippen molar-refractivity contribution in [2.45, 2.75) is 60.8 Å². The molecular weight excluding hydrogens is 602 g/mol. The number of H-pyrrole nitrogens is 2. The largest absolute Gasteiger partial charge is 0.394 e. The quantitative estimate of drug-likeness (QED) is 0.170. The van der Waals surface area contributed by atoms with Crippen LogP contribution in [0.2, 0.25) is 0 Å². The number of aromatic nitrogens is 4. The van der Waals surface area contributed by atoms with Gasteiger partial charge in [0.05, 0.1) is 55.8 Å². The minimum Gasteiger partial charge on any atom is -0.394 e. The second-order valence-corrected chi connectivity index (χ2v) is 12.6. The summed E-state index contributed by atoms with van der Waals surface area (Å²) < 4.78 is 10.8. The number of allylic oxidation sites excluding steroid dienone is 5. The molecule has 0 saturated heterocycles. The first-order valence-electron chi connectivity index (χ1n) is 16.8. The van der Waals surface area contributed by atoms with Crippen LogP contribution < -0.4 is 0 Å². The summed E-state index contributed by atoms with van der Waals surface area (Å²) in [6.07, 6.45) is 3.70. The first-order valence-corrected chi connectivity index (χ1v) is 16.8. The summed E-state index contributed by atoms with van der Waals surface area (Å²) in [6, 6.07) is 8.59. The Kier molecular flexibility index (Phi) is 11.1. The van der Waals surface area contributed by atoms with E-state index in [2.05, 4.69) is 82.4 Å². The van der Waals surface area contributed by atoms with Gasteiger partial charge in [0.15, 0.2) is 0 Å². The Labute approximate surface area is 283 Å². The summed E-state index contributed by atoms with van der Waals surface area (Å²) in [7, 11) is 1.81. The van der Waals surface area contributed by atoms with Gasteiger partial charge in [-0.25, -0.2) is 9.97 Å². The van der Waals surface area contributed by atoms with Gasteiger partial charge in [-0.05, 0) is 111 Å². The molecule has 0 unspecified atom stereocenters. The first-order chi connectivity index (χ1) is 23.1. The van der Waals surface area contributed by atoms with Crippen molar-refractivity contribution in [1.29, 1.82) is 0 Å². The highest BCUT2D eigenvalue weighted by Gasteiger charge is 2.23. The van der Waals surface area contributed by atoms with Crippen LogP contribution in [0.3, 0.4) is 0 Å². The van der Waals surface area contributed by atoms with Gasteiger partial charge in [0.25, 0.3) is 0 Å². The number of hydrogen-bond acceptors (Lipinski definition) is 6. The Balaban J connectivity index is 1.56. The highest BCUT2D eigenvalue weighted by atomic mass is 16.5. The number of hydrogen-bond donors (Lipinski definition) is 3. The number of nitrogens with zero attached hydrogens (tertiary/aromatic N) is 3. The van der Waals surface area contributed by atoms with Crippen LogP contribution in [0, 0.1) is 20.8 Å². The van der Waals surface area contributed by atoms with E-state index in [1.807, 2.05) is 13.1 Å². The van der Waals surface area contributed by atoms with Crippen LogP contribution in [0.4, 0.5) is 0 Å².